The fraction of sp³-hybridized carbons (Fsp3) is 0.308. The predicted molar refractivity (Wildman–Crippen MR) is 89.3 cm³/mol. The standard InChI is InChI=1S/C13H16BrN3O2S2/c1-8-6-16-13(20-8)17-21(18,19)12-5-10(7-15-3)4-11(14)9(12)2/h4-6,15H,7H2,1-3H3,(H,16,17). The van der Waals surface area contributed by atoms with Crippen LogP contribution >= 0.6 is 27.3 Å². The highest BCUT2D eigenvalue weighted by Crippen LogP contribution is 2.28. The van der Waals surface area contributed by atoms with Gasteiger partial charge in [-0.05, 0) is 44.2 Å². The zero-order chi connectivity index (χ0) is 15.6. The van der Waals surface area contributed by atoms with Crippen molar-refractivity contribution in [2.75, 3.05) is 11.8 Å². The Balaban J connectivity index is 2.43. The van der Waals surface area contributed by atoms with Crippen LogP contribution in [-0.4, -0.2) is 20.4 Å². The van der Waals surface area contributed by atoms with Crippen molar-refractivity contribution in [1.82, 2.24) is 10.3 Å². The highest BCUT2D eigenvalue weighted by atomic mass is 79.9. The quantitative estimate of drug-likeness (QED) is 0.823. The van der Waals surface area contributed by atoms with Crippen molar-refractivity contribution >= 4 is 42.4 Å². The van der Waals surface area contributed by atoms with Crippen LogP contribution in [0.4, 0.5) is 5.13 Å². The van der Waals surface area contributed by atoms with Gasteiger partial charge in [0.2, 0.25) is 0 Å². The van der Waals surface area contributed by atoms with Gasteiger partial charge in [0.05, 0.1) is 4.90 Å². The minimum atomic E-state index is -3.65. The van der Waals surface area contributed by atoms with Crippen molar-refractivity contribution < 1.29 is 8.42 Å². The molecular weight excluding hydrogens is 374 g/mol. The summed E-state index contributed by atoms with van der Waals surface area (Å²) in [5, 5.41) is 3.39. The van der Waals surface area contributed by atoms with Crippen molar-refractivity contribution in [3.63, 3.8) is 0 Å². The number of aromatic nitrogens is 1. The number of nitrogens with one attached hydrogen (secondary N) is 2. The van der Waals surface area contributed by atoms with Gasteiger partial charge in [0, 0.05) is 22.1 Å². The van der Waals surface area contributed by atoms with E-state index < -0.39 is 10.0 Å². The molecule has 0 bridgehead atoms. The van der Waals surface area contributed by atoms with Crippen molar-refractivity contribution in [3.8, 4) is 0 Å². The number of aryl methyl sites for hydroxylation is 1. The van der Waals surface area contributed by atoms with Crippen LogP contribution in [-0.2, 0) is 16.6 Å². The molecule has 0 atom stereocenters. The number of benzene rings is 1. The summed E-state index contributed by atoms with van der Waals surface area (Å²) in [6, 6.07) is 3.60. The normalized spacial score (nSPS) is 11.6. The number of anilines is 1. The maximum Gasteiger partial charge on any atom is 0.263 e. The molecule has 0 amide bonds. The molecule has 2 aromatic rings. The lowest BCUT2D eigenvalue weighted by Gasteiger charge is -2.12. The third-order valence-electron chi connectivity index (χ3n) is 2.87. The van der Waals surface area contributed by atoms with Crippen LogP contribution in [0.25, 0.3) is 0 Å². The molecule has 0 radical (unpaired) electrons. The van der Waals surface area contributed by atoms with Crippen LogP contribution in [0.5, 0.6) is 0 Å². The van der Waals surface area contributed by atoms with E-state index in [1.165, 1.54) is 11.3 Å². The number of rotatable bonds is 5. The lowest BCUT2D eigenvalue weighted by atomic mass is 10.1. The summed E-state index contributed by atoms with van der Waals surface area (Å²) in [6.07, 6.45) is 1.64. The van der Waals surface area contributed by atoms with Crippen LogP contribution in [0.15, 0.2) is 27.7 Å². The Morgan fingerprint density at radius 3 is 2.62 bits per heavy atom. The molecular formula is C13H16BrN3O2S2. The molecule has 0 spiro atoms. The van der Waals surface area contributed by atoms with Crippen LogP contribution in [0.3, 0.4) is 0 Å². The SMILES string of the molecule is CNCc1cc(Br)c(C)c(S(=O)(=O)Nc2ncc(C)s2)c1. The van der Waals surface area contributed by atoms with E-state index in [4.69, 9.17) is 0 Å². The van der Waals surface area contributed by atoms with E-state index in [1.807, 2.05) is 20.0 Å². The third kappa shape index (κ3) is 3.82. The van der Waals surface area contributed by atoms with Gasteiger partial charge in [0.1, 0.15) is 0 Å². The molecule has 2 N–H and O–H groups in total. The second-order valence-electron chi connectivity index (χ2n) is 4.61. The van der Waals surface area contributed by atoms with Gasteiger partial charge < -0.3 is 5.32 Å². The Morgan fingerprint density at radius 1 is 1.33 bits per heavy atom. The Kier molecular flexibility index (Phi) is 5.03. The number of hydrogen-bond donors (Lipinski definition) is 2. The van der Waals surface area contributed by atoms with Gasteiger partial charge in [0.15, 0.2) is 5.13 Å². The molecule has 0 unspecified atom stereocenters. The van der Waals surface area contributed by atoms with E-state index >= 15 is 0 Å². The van der Waals surface area contributed by atoms with Gasteiger partial charge in [-0.25, -0.2) is 13.4 Å². The largest absolute Gasteiger partial charge is 0.316 e. The van der Waals surface area contributed by atoms with Crippen molar-refractivity contribution in [2.24, 2.45) is 0 Å². The summed E-state index contributed by atoms with van der Waals surface area (Å²) < 4.78 is 28.4. The number of sulfonamides is 1. The molecule has 0 saturated carbocycles. The topological polar surface area (TPSA) is 71.1 Å². The fourth-order valence-corrected chi connectivity index (χ4v) is 4.73. The van der Waals surface area contributed by atoms with Gasteiger partial charge >= 0.3 is 0 Å². The summed E-state index contributed by atoms with van der Waals surface area (Å²) in [5.41, 5.74) is 1.57. The third-order valence-corrected chi connectivity index (χ3v) is 6.12. The van der Waals surface area contributed by atoms with E-state index in [-0.39, 0.29) is 4.90 Å². The highest BCUT2D eigenvalue weighted by molar-refractivity contribution is 9.10. The van der Waals surface area contributed by atoms with Crippen LogP contribution in [0, 0.1) is 13.8 Å². The second kappa shape index (κ2) is 6.43. The zero-order valence-electron chi connectivity index (χ0n) is 11.9. The molecule has 8 heteroatoms. The molecule has 1 aromatic carbocycles. The average Bonchev–Trinajstić information content (AvgIpc) is 2.78. The summed E-state index contributed by atoms with van der Waals surface area (Å²) in [7, 11) is -1.84. The van der Waals surface area contributed by atoms with E-state index in [0.717, 1.165) is 14.9 Å². The van der Waals surface area contributed by atoms with Gasteiger partial charge in [-0.3, -0.25) is 4.72 Å². The van der Waals surface area contributed by atoms with E-state index in [9.17, 15) is 8.42 Å². The van der Waals surface area contributed by atoms with Gasteiger partial charge in [-0.1, -0.05) is 15.9 Å². The first-order valence-electron chi connectivity index (χ1n) is 6.22. The fourth-order valence-electron chi connectivity index (χ4n) is 1.86. The Morgan fingerprint density at radius 2 is 2.05 bits per heavy atom. The number of halogens is 1. The van der Waals surface area contributed by atoms with Crippen LogP contribution in [0.2, 0.25) is 0 Å². The van der Waals surface area contributed by atoms with E-state index in [0.29, 0.717) is 17.2 Å². The Bertz CT molecular complexity index is 757. The average molecular weight is 390 g/mol. The maximum absolute atomic E-state index is 12.6. The predicted octanol–water partition coefficient (Wildman–Crippen LogP) is 3.04. The number of thiazole rings is 1. The molecule has 0 aliphatic heterocycles. The van der Waals surface area contributed by atoms with Crippen molar-refractivity contribution in [1.29, 1.82) is 0 Å². The number of hydrogen-bond acceptors (Lipinski definition) is 5. The van der Waals surface area contributed by atoms with Gasteiger partial charge in [0.25, 0.3) is 10.0 Å². The zero-order valence-corrected chi connectivity index (χ0v) is 15.1. The minimum absolute atomic E-state index is 0.259. The Hall–Kier alpha value is -0.960. The molecule has 0 saturated heterocycles. The minimum Gasteiger partial charge on any atom is -0.316 e. The molecule has 1 aromatic heterocycles. The molecule has 0 aliphatic carbocycles. The van der Waals surface area contributed by atoms with Crippen LogP contribution < -0.4 is 10.0 Å². The second-order valence-corrected chi connectivity index (χ2v) is 8.35. The molecule has 21 heavy (non-hydrogen) atoms. The molecule has 5 nitrogen and oxygen atoms in total. The summed E-state index contributed by atoms with van der Waals surface area (Å²) in [4.78, 5) is 5.25. The lowest BCUT2D eigenvalue weighted by molar-refractivity contribution is 0.600. The van der Waals surface area contributed by atoms with E-state index in [1.54, 1.807) is 19.2 Å². The molecule has 0 aliphatic rings. The summed E-state index contributed by atoms with van der Waals surface area (Å²) in [6.45, 7) is 4.25. The van der Waals surface area contributed by atoms with Gasteiger partial charge in [-0.2, -0.15) is 0 Å². The van der Waals surface area contributed by atoms with Crippen molar-refractivity contribution in [2.45, 2.75) is 25.3 Å². The van der Waals surface area contributed by atoms with E-state index in [2.05, 4.69) is 31.0 Å². The molecule has 2 rings (SSSR count). The highest BCUT2D eigenvalue weighted by Gasteiger charge is 2.20. The lowest BCUT2D eigenvalue weighted by Crippen LogP contribution is -2.15. The number of nitrogens with zero attached hydrogens (tertiary/aromatic N) is 1. The Labute approximate surface area is 137 Å². The molecule has 114 valence electrons. The summed E-state index contributed by atoms with van der Waals surface area (Å²) >= 11 is 4.72. The van der Waals surface area contributed by atoms with Gasteiger partial charge in [-0.15, -0.1) is 11.3 Å². The first kappa shape index (κ1) is 16.4. The molecule has 0 fully saturated rings. The first-order valence-corrected chi connectivity index (χ1v) is 9.31. The van der Waals surface area contributed by atoms with Crippen LogP contribution in [0.1, 0.15) is 16.0 Å². The monoisotopic (exact) mass is 389 g/mol. The molecule has 1 heterocycles. The summed E-state index contributed by atoms with van der Waals surface area (Å²) in [5.74, 6) is 0. The van der Waals surface area contributed by atoms with Crippen molar-refractivity contribution in [3.05, 3.63) is 38.8 Å². The first-order chi connectivity index (χ1) is 9.83. The maximum atomic E-state index is 12.6. The smallest absolute Gasteiger partial charge is 0.263 e.